The van der Waals surface area contributed by atoms with Crippen LogP contribution in [0.1, 0.15) is 46.1 Å². The highest BCUT2D eigenvalue weighted by atomic mass is 35.5. The van der Waals surface area contributed by atoms with Crippen LogP contribution in [0.3, 0.4) is 0 Å². The predicted molar refractivity (Wildman–Crippen MR) is 84.6 cm³/mol. The summed E-state index contributed by atoms with van der Waals surface area (Å²) < 4.78 is 0. The minimum absolute atomic E-state index is 0.201. The highest BCUT2D eigenvalue weighted by Crippen LogP contribution is 2.40. The van der Waals surface area contributed by atoms with Crippen LogP contribution in [-0.2, 0) is 0 Å². The lowest BCUT2D eigenvalue weighted by Crippen LogP contribution is -2.56. The number of piperidine rings is 1. The van der Waals surface area contributed by atoms with Crippen LogP contribution in [0.25, 0.3) is 6.08 Å². The molecule has 0 spiro atoms. The van der Waals surface area contributed by atoms with Crippen molar-refractivity contribution in [1.29, 1.82) is 0 Å². The van der Waals surface area contributed by atoms with E-state index in [0.29, 0.717) is 0 Å². The van der Waals surface area contributed by atoms with Crippen LogP contribution < -0.4 is 0 Å². The van der Waals surface area contributed by atoms with Crippen molar-refractivity contribution in [3.8, 4) is 0 Å². The van der Waals surface area contributed by atoms with E-state index in [0.717, 1.165) is 17.9 Å². The third kappa shape index (κ3) is 3.21. The van der Waals surface area contributed by atoms with Crippen LogP contribution in [-0.4, -0.2) is 23.0 Å². The van der Waals surface area contributed by atoms with Crippen LogP contribution in [0.15, 0.2) is 29.8 Å². The fourth-order valence-electron chi connectivity index (χ4n) is 3.16. The molecule has 0 aromatic heterocycles. The van der Waals surface area contributed by atoms with Gasteiger partial charge in [0, 0.05) is 16.1 Å². The highest BCUT2D eigenvalue weighted by Gasteiger charge is 2.40. The van der Waals surface area contributed by atoms with E-state index in [4.69, 9.17) is 11.6 Å². The summed E-state index contributed by atoms with van der Waals surface area (Å²) in [6.07, 6.45) is 4.53. The molecule has 1 heterocycles. The molecule has 0 radical (unpaired) electrons. The molecule has 0 bridgehead atoms. The molecule has 1 aliphatic heterocycles. The molecule has 2 heteroatoms. The van der Waals surface area contributed by atoms with E-state index in [-0.39, 0.29) is 11.1 Å². The first-order chi connectivity index (χ1) is 8.71. The zero-order chi connectivity index (χ0) is 14.3. The second kappa shape index (κ2) is 4.96. The first-order valence-electron chi connectivity index (χ1n) is 6.90. The first kappa shape index (κ1) is 14.6. The molecule has 19 heavy (non-hydrogen) atoms. The van der Waals surface area contributed by atoms with Gasteiger partial charge in [0.15, 0.2) is 0 Å². The summed E-state index contributed by atoms with van der Waals surface area (Å²) in [4.78, 5) is 2.50. The predicted octanol–water partition coefficient (Wildman–Crippen LogP) is 5.01. The van der Waals surface area contributed by atoms with Gasteiger partial charge in [0.25, 0.3) is 0 Å². The van der Waals surface area contributed by atoms with Crippen LogP contribution in [0.5, 0.6) is 0 Å². The van der Waals surface area contributed by atoms with Gasteiger partial charge in [-0.15, -0.1) is 0 Å². The Balaban J connectivity index is 2.31. The van der Waals surface area contributed by atoms with Gasteiger partial charge < -0.3 is 0 Å². The standard InChI is InChI=1S/C17H24ClN/c1-16(2)11-14(12-17(3,4)19(16)5)9-13-7-6-8-15(18)10-13/h6-10H,11-12H2,1-5H3. The Morgan fingerprint density at radius 2 is 1.68 bits per heavy atom. The molecule has 0 N–H and O–H groups in total. The largest absolute Gasteiger partial charge is 0.295 e. The summed E-state index contributed by atoms with van der Waals surface area (Å²) >= 11 is 6.06. The average Bonchev–Trinajstić information content (AvgIpc) is 2.25. The number of hydrogen-bond acceptors (Lipinski definition) is 1. The lowest BCUT2D eigenvalue weighted by atomic mass is 9.77. The van der Waals surface area contributed by atoms with Gasteiger partial charge in [-0.2, -0.15) is 0 Å². The molecule has 1 aromatic carbocycles. The number of benzene rings is 1. The topological polar surface area (TPSA) is 3.24 Å². The third-order valence-corrected chi connectivity index (χ3v) is 4.59. The van der Waals surface area contributed by atoms with Crippen molar-refractivity contribution in [3.63, 3.8) is 0 Å². The van der Waals surface area contributed by atoms with E-state index in [1.807, 2.05) is 18.2 Å². The smallest absolute Gasteiger partial charge is 0.0411 e. The second-order valence-corrected chi connectivity index (χ2v) is 7.33. The Morgan fingerprint density at radius 1 is 1.11 bits per heavy atom. The summed E-state index contributed by atoms with van der Waals surface area (Å²) in [5.74, 6) is 0. The number of hydrogen-bond donors (Lipinski definition) is 0. The van der Waals surface area contributed by atoms with Gasteiger partial charge in [0.2, 0.25) is 0 Å². The molecule has 0 aliphatic carbocycles. The molecule has 1 aliphatic rings. The average molecular weight is 278 g/mol. The van der Waals surface area contributed by atoms with Gasteiger partial charge in [-0.05, 0) is 65.3 Å². The van der Waals surface area contributed by atoms with E-state index in [1.54, 1.807) is 0 Å². The van der Waals surface area contributed by atoms with Crippen molar-refractivity contribution in [3.05, 3.63) is 40.4 Å². The monoisotopic (exact) mass is 277 g/mol. The Hall–Kier alpha value is -0.790. The molecule has 0 atom stereocenters. The zero-order valence-corrected chi connectivity index (χ0v) is 13.4. The molecule has 1 fully saturated rings. The number of halogens is 1. The van der Waals surface area contributed by atoms with Crippen LogP contribution in [0, 0.1) is 0 Å². The molecule has 2 rings (SSSR count). The van der Waals surface area contributed by atoms with E-state index >= 15 is 0 Å². The quantitative estimate of drug-likeness (QED) is 0.698. The first-order valence-corrected chi connectivity index (χ1v) is 7.27. The molecule has 0 saturated carbocycles. The van der Waals surface area contributed by atoms with Gasteiger partial charge in [0.05, 0.1) is 0 Å². The Bertz CT molecular complexity index is 480. The Kier molecular flexibility index (Phi) is 3.81. The number of nitrogens with zero attached hydrogens (tertiary/aromatic N) is 1. The molecule has 1 saturated heterocycles. The maximum Gasteiger partial charge on any atom is 0.0411 e. The maximum atomic E-state index is 6.06. The van der Waals surface area contributed by atoms with Crippen molar-refractivity contribution < 1.29 is 0 Å². The summed E-state index contributed by atoms with van der Waals surface area (Å²) in [5, 5.41) is 0.806. The lowest BCUT2D eigenvalue weighted by molar-refractivity contribution is 0.0216. The van der Waals surface area contributed by atoms with Crippen molar-refractivity contribution in [2.24, 2.45) is 0 Å². The molecule has 0 amide bonds. The fraction of sp³-hybridized carbons (Fsp3) is 0.529. The van der Waals surface area contributed by atoms with E-state index in [9.17, 15) is 0 Å². The third-order valence-electron chi connectivity index (χ3n) is 4.35. The summed E-state index contributed by atoms with van der Waals surface area (Å²) in [5.41, 5.74) is 3.12. The van der Waals surface area contributed by atoms with Gasteiger partial charge in [-0.3, -0.25) is 4.90 Å². The molecular weight excluding hydrogens is 254 g/mol. The van der Waals surface area contributed by atoms with E-state index in [2.05, 4.69) is 51.8 Å². The summed E-state index contributed by atoms with van der Waals surface area (Å²) in [6.45, 7) is 9.28. The lowest BCUT2D eigenvalue weighted by Gasteiger charge is -2.52. The maximum absolute atomic E-state index is 6.06. The van der Waals surface area contributed by atoms with Gasteiger partial charge in [-0.1, -0.05) is 35.4 Å². The minimum Gasteiger partial charge on any atom is -0.295 e. The molecule has 1 nitrogen and oxygen atoms in total. The Morgan fingerprint density at radius 3 is 2.21 bits per heavy atom. The zero-order valence-electron chi connectivity index (χ0n) is 12.6. The second-order valence-electron chi connectivity index (χ2n) is 6.90. The highest BCUT2D eigenvalue weighted by molar-refractivity contribution is 6.30. The van der Waals surface area contributed by atoms with Gasteiger partial charge >= 0.3 is 0 Å². The van der Waals surface area contributed by atoms with Crippen molar-refractivity contribution >= 4 is 17.7 Å². The van der Waals surface area contributed by atoms with Gasteiger partial charge in [0.1, 0.15) is 0 Å². The van der Waals surface area contributed by atoms with Crippen molar-refractivity contribution in [2.75, 3.05) is 7.05 Å². The van der Waals surface area contributed by atoms with Crippen LogP contribution in [0.2, 0.25) is 5.02 Å². The van der Waals surface area contributed by atoms with Crippen molar-refractivity contribution in [2.45, 2.75) is 51.6 Å². The van der Waals surface area contributed by atoms with E-state index < -0.39 is 0 Å². The van der Waals surface area contributed by atoms with E-state index in [1.165, 1.54) is 11.1 Å². The summed E-state index contributed by atoms with van der Waals surface area (Å²) in [6, 6.07) is 8.09. The fourth-order valence-corrected chi connectivity index (χ4v) is 3.36. The SMILES string of the molecule is CN1C(C)(C)CC(=Cc2cccc(Cl)c2)CC1(C)C. The minimum atomic E-state index is 0.201. The van der Waals surface area contributed by atoms with Crippen LogP contribution >= 0.6 is 11.6 Å². The van der Waals surface area contributed by atoms with Crippen LogP contribution in [0.4, 0.5) is 0 Å². The molecule has 104 valence electrons. The molecule has 0 unspecified atom stereocenters. The number of rotatable bonds is 1. The number of likely N-dealkylation sites (tertiary alicyclic amines) is 1. The molecule has 1 aromatic rings. The summed E-state index contributed by atoms with van der Waals surface area (Å²) in [7, 11) is 2.23. The van der Waals surface area contributed by atoms with Gasteiger partial charge in [-0.25, -0.2) is 0 Å². The van der Waals surface area contributed by atoms with Crippen molar-refractivity contribution in [1.82, 2.24) is 4.90 Å². The molecular formula is C17H24ClN. The Labute approximate surface area is 122 Å². The normalized spacial score (nSPS) is 22.3.